The molecule has 0 spiro atoms. The van der Waals surface area contributed by atoms with E-state index in [1.165, 1.54) is 0 Å². The fourth-order valence-electron chi connectivity index (χ4n) is 1.91. The molecule has 2 aromatic rings. The van der Waals surface area contributed by atoms with Crippen LogP contribution in [0.4, 0.5) is 0 Å². The molecule has 0 aliphatic rings. The minimum atomic E-state index is 0.0222. The van der Waals surface area contributed by atoms with Crippen LogP contribution in [0.2, 0.25) is 0 Å². The number of halogens is 2. The first-order chi connectivity index (χ1) is 9.51. The summed E-state index contributed by atoms with van der Waals surface area (Å²) in [5.41, 5.74) is 2.00. The third-order valence-electron chi connectivity index (χ3n) is 2.99. The quantitative estimate of drug-likeness (QED) is 0.722. The van der Waals surface area contributed by atoms with Crippen molar-refractivity contribution < 1.29 is 9.84 Å². The third kappa shape index (κ3) is 3.62. The van der Waals surface area contributed by atoms with Gasteiger partial charge in [-0.15, -0.1) is 0 Å². The van der Waals surface area contributed by atoms with Crippen molar-refractivity contribution in [3.63, 3.8) is 0 Å². The van der Waals surface area contributed by atoms with Crippen molar-refractivity contribution in [1.82, 2.24) is 0 Å². The number of ether oxygens (including phenoxy) is 1. The van der Waals surface area contributed by atoms with Gasteiger partial charge in [-0.3, -0.25) is 0 Å². The molecular formula is C16H16Br2O2. The molecule has 4 heteroatoms. The molecule has 1 N–H and O–H groups in total. The molecule has 0 atom stereocenters. The number of hydrogen-bond donors (Lipinski definition) is 1. The van der Waals surface area contributed by atoms with Crippen LogP contribution in [0, 0.1) is 0 Å². The van der Waals surface area contributed by atoms with Crippen molar-refractivity contribution >= 4 is 31.9 Å². The van der Waals surface area contributed by atoms with Crippen LogP contribution in [0.15, 0.2) is 45.3 Å². The van der Waals surface area contributed by atoms with Crippen LogP contribution in [0.5, 0.6) is 11.5 Å². The largest absolute Gasteiger partial charge is 0.456 e. The van der Waals surface area contributed by atoms with Crippen molar-refractivity contribution in [2.24, 2.45) is 0 Å². The van der Waals surface area contributed by atoms with Gasteiger partial charge >= 0.3 is 0 Å². The summed E-state index contributed by atoms with van der Waals surface area (Å²) in [5, 5.41) is 9.12. The van der Waals surface area contributed by atoms with E-state index in [1.54, 1.807) is 0 Å². The Bertz CT molecular complexity index is 609. The maximum absolute atomic E-state index is 9.12. The number of rotatable bonds is 4. The molecule has 0 saturated carbocycles. The van der Waals surface area contributed by atoms with Gasteiger partial charge in [0.05, 0.1) is 11.1 Å². The highest BCUT2D eigenvalue weighted by atomic mass is 79.9. The van der Waals surface area contributed by atoms with E-state index < -0.39 is 0 Å². The summed E-state index contributed by atoms with van der Waals surface area (Å²) < 4.78 is 7.89. The minimum absolute atomic E-state index is 0.0222. The smallest absolute Gasteiger partial charge is 0.141 e. The Morgan fingerprint density at radius 3 is 2.35 bits per heavy atom. The van der Waals surface area contributed by atoms with Crippen molar-refractivity contribution in [3.05, 3.63) is 56.5 Å². The maximum Gasteiger partial charge on any atom is 0.141 e. The Balaban J connectivity index is 2.35. The Morgan fingerprint density at radius 2 is 1.75 bits per heavy atom. The summed E-state index contributed by atoms with van der Waals surface area (Å²) in [6.07, 6.45) is 0. The predicted octanol–water partition coefficient (Wildman–Crippen LogP) is 5.62. The minimum Gasteiger partial charge on any atom is -0.456 e. The van der Waals surface area contributed by atoms with Crippen molar-refractivity contribution in [2.75, 3.05) is 0 Å². The molecule has 0 aliphatic heterocycles. The van der Waals surface area contributed by atoms with Gasteiger partial charge in [-0.05, 0) is 63.3 Å². The Kier molecular flexibility index (Phi) is 5.24. The lowest BCUT2D eigenvalue weighted by Crippen LogP contribution is -1.95. The van der Waals surface area contributed by atoms with Gasteiger partial charge in [0.1, 0.15) is 11.5 Å². The van der Waals surface area contributed by atoms with Gasteiger partial charge in [0.2, 0.25) is 0 Å². The van der Waals surface area contributed by atoms with Crippen LogP contribution >= 0.6 is 31.9 Å². The second-order valence-electron chi connectivity index (χ2n) is 4.86. The number of aliphatic hydroxyl groups is 1. The van der Waals surface area contributed by atoms with Crippen LogP contribution in [-0.2, 0) is 6.61 Å². The molecule has 106 valence electrons. The van der Waals surface area contributed by atoms with Crippen molar-refractivity contribution in [1.29, 1.82) is 0 Å². The molecule has 2 nitrogen and oxygen atoms in total. The summed E-state index contributed by atoms with van der Waals surface area (Å²) in [6, 6.07) is 11.6. The van der Waals surface area contributed by atoms with E-state index in [0.717, 1.165) is 31.6 Å². The Hall–Kier alpha value is -0.840. The van der Waals surface area contributed by atoms with E-state index in [2.05, 4.69) is 51.8 Å². The van der Waals surface area contributed by atoms with E-state index in [9.17, 15) is 0 Å². The molecule has 0 amide bonds. The lowest BCUT2D eigenvalue weighted by Gasteiger charge is -2.15. The summed E-state index contributed by atoms with van der Waals surface area (Å²) >= 11 is 6.97. The summed E-state index contributed by atoms with van der Waals surface area (Å²) in [4.78, 5) is 0. The molecule has 20 heavy (non-hydrogen) atoms. The summed E-state index contributed by atoms with van der Waals surface area (Å²) in [5.74, 6) is 1.96. The van der Waals surface area contributed by atoms with E-state index in [0.29, 0.717) is 5.92 Å². The lowest BCUT2D eigenvalue weighted by molar-refractivity contribution is 0.281. The number of aliphatic hydroxyl groups excluding tert-OH is 1. The van der Waals surface area contributed by atoms with Gasteiger partial charge in [-0.2, -0.15) is 0 Å². The molecule has 2 rings (SSSR count). The Labute approximate surface area is 136 Å². The van der Waals surface area contributed by atoms with Gasteiger partial charge in [-0.1, -0.05) is 35.8 Å². The molecule has 0 radical (unpaired) electrons. The monoisotopic (exact) mass is 398 g/mol. The number of hydrogen-bond acceptors (Lipinski definition) is 2. The number of benzene rings is 2. The second-order valence-corrected chi connectivity index (χ2v) is 6.63. The van der Waals surface area contributed by atoms with Gasteiger partial charge in [0.15, 0.2) is 0 Å². The van der Waals surface area contributed by atoms with E-state index in [-0.39, 0.29) is 6.61 Å². The standard InChI is InChI=1S/C16H16Br2O2/c1-10(2)13-8-12(17)4-6-15(13)20-16-5-3-11(9-19)7-14(16)18/h3-8,10,19H,9H2,1-2H3. The molecule has 0 bridgehead atoms. The van der Waals surface area contributed by atoms with Crippen molar-refractivity contribution in [3.8, 4) is 11.5 Å². The second kappa shape index (κ2) is 6.74. The maximum atomic E-state index is 9.12. The molecule has 0 fully saturated rings. The first-order valence-electron chi connectivity index (χ1n) is 6.38. The highest BCUT2D eigenvalue weighted by Crippen LogP contribution is 2.36. The third-order valence-corrected chi connectivity index (χ3v) is 4.11. The molecule has 2 aromatic carbocycles. The van der Waals surface area contributed by atoms with Crippen molar-refractivity contribution in [2.45, 2.75) is 26.4 Å². The molecular weight excluding hydrogens is 384 g/mol. The van der Waals surface area contributed by atoms with Crippen LogP contribution in [-0.4, -0.2) is 5.11 Å². The van der Waals surface area contributed by atoms with E-state index in [4.69, 9.17) is 9.84 Å². The molecule has 0 heterocycles. The highest BCUT2D eigenvalue weighted by Gasteiger charge is 2.11. The predicted molar refractivity (Wildman–Crippen MR) is 88.4 cm³/mol. The zero-order valence-corrected chi connectivity index (χ0v) is 14.5. The molecule has 0 saturated heterocycles. The zero-order chi connectivity index (χ0) is 14.7. The van der Waals surface area contributed by atoms with Crippen LogP contribution in [0.1, 0.15) is 30.9 Å². The average Bonchev–Trinajstić information content (AvgIpc) is 2.42. The fourth-order valence-corrected chi connectivity index (χ4v) is 2.79. The van der Waals surface area contributed by atoms with Crippen LogP contribution in [0.3, 0.4) is 0 Å². The lowest BCUT2D eigenvalue weighted by atomic mass is 10.0. The van der Waals surface area contributed by atoms with Crippen LogP contribution in [0.25, 0.3) is 0 Å². The normalized spacial score (nSPS) is 10.9. The highest BCUT2D eigenvalue weighted by molar-refractivity contribution is 9.10. The molecule has 0 aliphatic carbocycles. The molecule has 0 unspecified atom stereocenters. The van der Waals surface area contributed by atoms with E-state index >= 15 is 0 Å². The van der Waals surface area contributed by atoms with Crippen LogP contribution < -0.4 is 4.74 Å². The van der Waals surface area contributed by atoms with Gasteiger partial charge in [0, 0.05) is 4.47 Å². The first-order valence-corrected chi connectivity index (χ1v) is 7.96. The topological polar surface area (TPSA) is 29.5 Å². The van der Waals surface area contributed by atoms with Gasteiger partial charge < -0.3 is 9.84 Å². The Morgan fingerprint density at radius 1 is 1.05 bits per heavy atom. The van der Waals surface area contributed by atoms with Gasteiger partial charge in [-0.25, -0.2) is 0 Å². The molecule has 0 aromatic heterocycles. The fraction of sp³-hybridized carbons (Fsp3) is 0.250. The SMILES string of the molecule is CC(C)c1cc(Br)ccc1Oc1ccc(CO)cc1Br. The van der Waals surface area contributed by atoms with Gasteiger partial charge in [0.25, 0.3) is 0 Å². The average molecular weight is 400 g/mol. The summed E-state index contributed by atoms with van der Waals surface area (Å²) in [6.45, 7) is 4.30. The zero-order valence-electron chi connectivity index (χ0n) is 11.4. The van der Waals surface area contributed by atoms with E-state index in [1.807, 2.05) is 30.3 Å². The first kappa shape index (κ1) is 15.5. The summed E-state index contributed by atoms with van der Waals surface area (Å²) in [7, 11) is 0.